The number of carbonyl (C=O) groups is 1. The molecule has 0 atom stereocenters. The topological polar surface area (TPSA) is 64.7 Å². The Morgan fingerprint density at radius 1 is 1.21 bits per heavy atom. The number of rotatable bonds is 4. The van der Waals surface area contributed by atoms with Gasteiger partial charge in [0.2, 0.25) is 0 Å². The third-order valence-electron chi connectivity index (χ3n) is 4.74. The van der Waals surface area contributed by atoms with E-state index in [1.807, 2.05) is 61.3 Å². The van der Waals surface area contributed by atoms with E-state index in [9.17, 15) is 4.79 Å². The Morgan fingerprint density at radius 2 is 1.96 bits per heavy atom. The number of aryl methyl sites for hydroxylation is 1. The molecule has 1 fully saturated rings. The van der Waals surface area contributed by atoms with Crippen molar-refractivity contribution in [2.75, 3.05) is 5.32 Å². The third-order valence-corrected chi connectivity index (χ3v) is 4.74. The van der Waals surface area contributed by atoms with Crippen LogP contribution in [0.5, 0.6) is 0 Å². The van der Waals surface area contributed by atoms with Crippen molar-refractivity contribution in [3.63, 3.8) is 0 Å². The lowest BCUT2D eigenvalue weighted by Crippen LogP contribution is -2.33. The molecule has 6 nitrogen and oxygen atoms in total. The Kier molecular flexibility index (Phi) is 3.26. The summed E-state index contributed by atoms with van der Waals surface area (Å²) in [6, 6.07) is 9.65. The van der Waals surface area contributed by atoms with Crippen LogP contribution in [-0.4, -0.2) is 25.2 Å². The second-order valence-corrected chi connectivity index (χ2v) is 6.27. The minimum atomic E-state index is -0.514. The van der Waals surface area contributed by atoms with E-state index in [4.69, 9.17) is 0 Å². The zero-order valence-electron chi connectivity index (χ0n) is 13.7. The van der Waals surface area contributed by atoms with E-state index in [2.05, 4.69) is 15.4 Å². The molecule has 122 valence electrons. The van der Waals surface area contributed by atoms with E-state index >= 15 is 0 Å². The molecule has 6 heteroatoms. The molecule has 4 rings (SSSR count). The lowest BCUT2D eigenvalue weighted by atomic mass is 10.2. The van der Waals surface area contributed by atoms with Crippen molar-refractivity contribution in [3.05, 3.63) is 60.4 Å². The smallest absolute Gasteiger partial charge is 0.252 e. The summed E-state index contributed by atoms with van der Waals surface area (Å²) in [7, 11) is 0. The van der Waals surface area contributed by atoms with Crippen LogP contribution in [0.1, 0.15) is 24.2 Å². The van der Waals surface area contributed by atoms with Crippen LogP contribution in [0.25, 0.3) is 5.69 Å². The molecule has 1 N–H and O–H groups in total. The zero-order chi connectivity index (χ0) is 16.7. The molecule has 0 radical (unpaired) electrons. The van der Waals surface area contributed by atoms with Gasteiger partial charge in [0.1, 0.15) is 5.54 Å². The molecule has 0 saturated heterocycles. The second-order valence-electron chi connectivity index (χ2n) is 6.27. The molecule has 1 aromatic carbocycles. The van der Waals surface area contributed by atoms with Crippen molar-refractivity contribution >= 4 is 11.6 Å². The summed E-state index contributed by atoms with van der Waals surface area (Å²) in [5.74, 6) is -0.00592. The van der Waals surface area contributed by atoms with E-state index in [0.717, 1.165) is 35.6 Å². The molecule has 0 bridgehead atoms. The van der Waals surface area contributed by atoms with Crippen LogP contribution in [0.15, 0.2) is 49.1 Å². The lowest BCUT2D eigenvalue weighted by Gasteiger charge is -2.16. The number of imidazole rings is 1. The van der Waals surface area contributed by atoms with E-state index in [0.29, 0.717) is 0 Å². The average Bonchev–Trinajstić information content (AvgIpc) is 3.08. The molecule has 0 spiro atoms. The van der Waals surface area contributed by atoms with Gasteiger partial charge in [0, 0.05) is 29.5 Å². The number of hydrogen-bond donors (Lipinski definition) is 1. The summed E-state index contributed by atoms with van der Waals surface area (Å²) < 4.78 is 3.79. The number of carbonyl (C=O) groups excluding carboxylic acids is 1. The predicted octanol–water partition coefficient (Wildman–Crippen LogP) is 2.81. The largest absolute Gasteiger partial charge is 0.324 e. The molecule has 1 saturated carbocycles. The number of amides is 1. The number of anilines is 1. The minimum absolute atomic E-state index is 0.00592. The summed E-state index contributed by atoms with van der Waals surface area (Å²) in [6.45, 7) is 4.03. The molecular formula is C18H19N5O. The predicted molar refractivity (Wildman–Crippen MR) is 91.1 cm³/mol. The van der Waals surface area contributed by atoms with E-state index in [1.54, 1.807) is 10.9 Å². The quantitative estimate of drug-likeness (QED) is 0.803. The van der Waals surface area contributed by atoms with Crippen molar-refractivity contribution in [3.8, 4) is 5.69 Å². The highest BCUT2D eigenvalue weighted by molar-refractivity contribution is 5.98. The van der Waals surface area contributed by atoms with Gasteiger partial charge in [0.05, 0.1) is 12.0 Å². The van der Waals surface area contributed by atoms with Crippen LogP contribution >= 0.6 is 0 Å². The van der Waals surface area contributed by atoms with Gasteiger partial charge >= 0.3 is 0 Å². The van der Waals surface area contributed by atoms with Crippen LogP contribution in [0.4, 0.5) is 5.69 Å². The maximum absolute atomic E-state index is 12.6. The van der Waals surface area contributed by atoms with Crippen LogP contribution < -0.4 is 5.32 Å². The Balaban J connectivity index is 1.52. The van der Waals surface area contributed by atoms with Gasteiger partial charge in [-0.25, -0.2) is 4.98 Å². The number of nitrogens with one attached hydrogen (secondary N) is 1. The summed E-state index contributed by atoms with van der Waals surface area (Å²) in [5.41, 5.74) is 3.43. The van der Waals surface area contributed by atoms with Crippen molar-refractivity contribution in [1.29, 1.82) is 0 Å². The molecule has 1 amide bonds. The van der Waals surface area contributed by atoms with Gasteiger partial charge in [-0.3, -0.25) is 9.48 Å². The molecule has 1 aliphatic carbocycles. The second kappa shape index (κ2) is 5.33. The van der Waals surface area contributed by atoms with Crippen LogP contribution in [0.2, 0.25) is 0 Å². The Morgan fingerprint density at radius 3 is 2.50 bits per heavy atom. The molecule has 0 aliphatic heterocycles. The van der Waals surface area contributed by atoms with Crippen LogP contribution in [-0.2, 0) is 10.3 Å². The molecule has 2 heterocycles. The van der Waals surface area contributed by atoms with E-state index in [-0.39, 0.29) is 5.91 Å². The number of hydrogen-bond acceptors (Lipinski definition) is 3. The first-order chi connectivity index (χ1) is 11.6. The van der Waals surface area contributed by atoms with Crippen LogP contribution in [0.3, 0.4) is 0 Å². The highest BCUT2D eigenvalue weighted by Crippen LogP contribution is 2.43. The Hall–Kier alpha value is -2.89. The zero-order valence-corrected chi connectivity index (χ0v) is 13.7. The average molecular weight is 321 g/mol. The summed E-state index contributed by atoms with van der Waals surface area (Å²) in [4.78, 5) is 16.9. The third kappa shape index (κ3) is 2.31. The SMILES string of the molecule is Cc1ncn(-c2ccc(NC(=O)C3(n4cccn4)CC3)cc2)c1C. The molecule has 3 aromatic rings. The van der Waals surface area contributed by atoms with Crippen molar-refractivity contribution in [2.45, 2.75) is 32.2 Å². The van der Waals surface area contributed by atoms with Crippen molar-refractivity contribution in [2.24, 2.45) is 0 Å². The summed E-state index contributed by atoms with van der Waals surface area (Å²) in [5, 5.41) is 7.23. The van der Waals surface area contributed by atoms with Gasteiger partial charge in [0.25, 0.3) is 5.91 Å². The molecule has 0 unspecified atom stereocenters. The normalized spacial score (nSPS) is 15.2. The maximum Gasteiger partial charge on any atom is 0.252 e. The summed E-state index contributed by atoms with van der Waals surface area (Å²) in [6.07, 6.45) is 7.02. The maximum atomic E-state index is 12.6. The first-order valence-electron chi connectivity index (χ1n) is 8.03. The number of nitrogens with zero attached hydrogens (tertiary/aromatic N) is 4. The first-order valence-corrected chi connectivity index (χ1v) is 8.03. The Bertz CT molecular complexity index is 873. The van der Waals surface area contributed by atoms with Gasteiger partial charge in [0.15, 0.2) is 0 Å². The summed E-state index contributed by atoms with van der Waals surface area (Å²) >= 11 is 0. The fraction of sp³-hybridized carbons (Fsp3) is 0.278. The number of aromatic nitrogens is 4. The number of benzene rings is 1. The van der Waals surface area contributed by atoms with Crippen molar-refractivity contribution < 1.29 is 4.79 Å². The van der Waals surface area contributed by atoms with Gasteiger partial charge in [-0.05, 0) is 57.0 Å². The van der Waals surface area contributed by atoms with E-state index < -0.39 is 5.54 Å². The highest BCUT2D eigenvalue weighted by Gasteiger charge is 2.52. The molecular weight excluding hydrogens is 302 g/mol. The molecule has 24 heavy (non-hydrogen) atoms. The van der Waals surface area contributed by atoms with Crippen molar-refractivity contribution in [1.82, 2.24) is 19.3 Å². The fourth-order valence-corrected chi connectivity index (χ4v) is 2.91. The fourth-order valence-electron chi connectivity index (χ4n) is 2.91. The highest BCUT2D eigenvalue weighted by atomic mass is 16.2. The minimum Gasteiger partial charge on any atom is -0.324 e. The lowest BCUT2D eigenvalue weighted by molar-refractivity contribution is -0.120. The van der Waals surface area contributed by atoms with Crippen LogP contribution in [0, 0.1) is 13.8 Å². The monoisotopic (exact) mass is 321 g/mol. The molecule has 2 aromatic heterocycles. The van der Waals surface area contributed by atoms with Gasteiger partial charge in [-0.1, -0.05) is 0 Å². The van der Waals surface area contributed by atoms with E-state index in [1.165, 1.54) is 0 Å². The van der Waals surface area contributed by atoms with Gasteiger partial charge in [-0.2, -0.15) is 5.10 Å². The van der Waals surface area contributed by atoms with Gasteiger partial charge < -0.3 is 9.88 Å². The first kappa shape index (κ1) is 14.7. The standard InChI is InChI=1S/C18H19N5O/c1-13-14(2)22(12-19-13)16-6-4-15(5-7-16)21-17(24)18(8-9-18)23-11-3-10-20-23/h3-7,10-12H,8-9H2,1-2H3,(H,21,24). The van der Waals surface area contributed by atoms with Gasteiger partial charge in [-0.15, -0.1) is 0 Å². The Labute approximate surface area is 140 Å². The molecule has 1 aliphatic rings.